The number of benzene rings is 2. The Morgan fingerprint density at radius 3 is 2.72 bits per heavy atom. The molecule has 1 aliphatic rings. The van der Waals surface area contributed by atoms with Gasteiger partial charge in [0, 0.05) is 10.9 Å². The van der Waals surface area contributed by atoms with Gasteiger partial charge in [-0.2, -0.15) is 5.26 Å². The van der Waals surface area contributed by atoms with E-state index in [1.165, 1.54) is 11.3 Å². The minimum Gasteiger partial charge on any atom is -0.486 e. The summed E-state index contributed by atoms with van der Waals surface area (Å²) in [6.45, 7) is 2.72. The molecule has 2 heterocycles. The van der Waals surface area contributed by atoms with Gasteiger partial charge in [0.15, 0.2) is 22.7 Å². The fourth-order valence-corrected chi connectivity index (χ4v) is 3.46. The highest BCUT2D eigenvalue weighted by atomic mass is 32.1. The van der Waals surface area contributed by atoms with Gasteiger partial charge in [-0.05, 0) is 49.4 Å². The maximum absolute atomic E-state index is 12.4. The smallest absolute Gasteiger partial charge is 0.266 e. The lowest BCUT2D eigenvalue weighted by molar-refractivity contribution is -0.122. The van der Waals surface area contributed by atoms with Gasteiger partial charge in [-0.25, -0.2) is 4.98 Å². The standard InChI is InChI=1S/C21H17N3O4S/c1-13(28-16-5-2-14(11-22)3-6-16)20(25)24-21-23-17(12-29-21)15-4-7-18-19(10-15)27-9-8-26-18/h2-7,10,12-13H,8-9H2,1H3,(H,23,24,25)/t13-/m1/s1. The number of carbonyl (C=O) groups excluding carboxylic acids is 1. The topological polar surface area (TPSA) is 93.5 Å². The van der Waals surface area contributed by atoms with E-state index in [-0.39, 0.29) is 5.91 Å². The quantitative estimate of drug-likeness (QED) is 0.690. The molecular formula is C21H17N3O4S. The van der Waals surface area contributed by atoms with Crippen LogP contribution in [0.15, 0.2) is 47.8 Å². The molecule has 1 atom stereocenters. The first-order valence-corrected chi connectivity index (χ1v) is 9.83. The van der Waals surface area contributed by atoms with Crippen LogP contribution >= 0.6 is 11.3 Å². The molecule has 29 heavy (non-hydrogen) atoms. The molecule has 1 amide bonds. The molecule has 0 radical (unpaired) electrons. The maximum atomic E-state index is 12.4. The number of nitrogens with one attached hydrogen (secondary N) is 1. The van der Waals surface area contributed by atoms with E-state index in [0.29, 0.717) is 35.4 Å². The summed E-state index contributed by atoms with van der Waals surface area (Å²) in [6, 6.07) is 14.3. The molecule has 0 saturated heterocycles. The fraction of sp³-hybridized carbons (Fsp3) is 0.190. The molecule has 4 rings (SSSR count). The zero-order chi connectivity index (χ0) is 20.2. The molecule has 0 saturated carbocycles. The van der Waals surface area contributed by atoms with Crippen LogP contribution in [0.5, 0.6) is 17.2 Å². The third-order valence-corrected chi connectivity index (χ3v) is 5.00. The predicted molar refractivity (Wildman–Crippen MR) is 108 cm³/mol. The third-order valence-electron chi connectivity index (χ3n) is 4.24. The summed E-state index contributed by atoms with van der Waals surface area (Å²) in [5.74, 6) is 1.62. The molecule has 1 aromatic heterocycles. The first-order chi connectivity index (χ1) is 14.1. The number of ether oxygens (including phenoxy) is 3. The van der Waals surface area contributed by atoms with E-state index in [9.17, 15) is 4.79 Å². The van der Waals surface area contributed by atoms with Crippen molar-refractivity contribution in [2.24, 2.45) is 0 Å². The molecule has 1 aliphatic heterocycles. The van der Waals surface area contributed by atoms with E-state index in [1.54, 1.807) is 31.2 Å². The number of nitrogens with zero attached hydrogens (tertiary/aromatic N) is 2. The van der Waals surface area contributed by atoms with Crippen molar-refractivity contribution in [2.75, 3.05) is 18.5 Å². The van der Waals surface area contributed by atoms with Gasteiger partial charge in [-0.3, -0.25) is 10.1 Å². The molecule has 7 nitrogen and oxygen atoms in total. The Hall–Kier alpha value is -3.57. The average Bonchev–Trinajstić information content (AvgIpc) is 3.22. The Balaban J connectivity index is 1.40. The van der Waals surface area contributed by atoms with Gasteiger partial charge in [0.05, 0.1) is 17.3 Å². The zero-order valence-corrected chi connectivity index (χ0v) is 16.4. The van der Waals surface area contributed by atoms with Crippen LogP contribution < -0.4 is 19.5 Å². The van der Waals surface area contributed by atoms with Gasteiger partial charge < -0.3 is 14.2 Å². The lowest BCUT2D eigenvalue weighted by Crippen LogP contribution is -2.30. The van der Waals surface area contributed by atoms with Crippen molar-refractivity contribution >= 4 is 22.4 Å². The molecule has 0 fully saturated rings. The van der Waals surface area contributed by atoms with E-state index in [2.05, 4.69) is 10.3 Å². The number of thiazole rings is 1. The Labute approximate surface area is 171 Å². The molecular weight excluding hydrogens is 390 g/mol. The van der Waals surface area contributed by atoms with Crippen LogP contribution in [-0.4, -0.2) is 30.2 Å². The van der Waals surface area contributed by atoms with Crippen molar-refractivity contribution in [3.63, 3.8) is 0 Å². The van der Waals surface area contributed by atoms with Crippen molar-refractivity contribution < 1.29 is 19.0 Å². The monoisotopic (exact) mass is 407 g/mol. The van der Waals surface area contributed by atoms with Gasteiger partial charge in [-0.1, -0.05) is 0 Å². The van der Waals surface area contributed by atoms with E-state index in [0.717, 1.165) is 17.0 Å². The van der Waals surface area contributed by atoms with Crippen LogP contribution in [0, 0.1) is 11.3 Å². The van der Waals surface area contributed by atoms with Gasteiger partial charge >= 0.3 is 0 Å². The molecule has 3 aromatic rings. The second-order valence-electron chi connectivity index (χ2n) is 6.28. The number of hydrogen-bond donors (Lipinski definition) is 1. The lowest BCUT2D eigenvalue weighted by Gasteiger charge is -2.18. The minimum atomic E-state index is -0.718. The van der Waals surface area contributed by atoms with Crippen LogP contribution in [0.1, 0.15) is 12.5 Å². The summed E-state index contributed by atoms with van der Waals surface area (Å²) in [5.41, 5.74) is 2.15. The third kappa shape index (κ3) is 4.31. The number of fused-ring (bicyclic) bond motifs is 1. The Morgan fingerprint density at radius 2 is 1.97 bits per heavy atom. The number of nitriles is 1. The number of amides is 1. The van der Waals surface area contributed by atoms with Crippen molar-refractivity contribution in [1.82, 2.24) is 4.98 Å². The molecule has 1 N–H and O–H groups in total. The first-order valence-electron chi connectivity index (χ1n) is 8.95. The molecule has 2 aromatic carbocycles. The van der Waals surface area contributed by atoms with Crippen LogP contribution in [0.4, 0.5) is 5.13 Å². The lowest BCUT2D eigenvalue weighted by atomic mass is 10.1. The predicted octanol–water partition coefficient (Wildman–Crippen LogP) is 3.86. The van der Waals surface area contributed by atoms with Crippen LogP contribution in [0.2, 0.25) is 0 Å². The number of aromatic nitrogens is 1. The molecule has 0 aliphatic carbocycles. The second-order valence-corrected chi connectivity index (χ2v) is 7.14. The second kappa shape index (κ2) is 8.20. The minimum absolute atomic E-state index is 0.308. The highest BCUT2D eigenvalue weighted by Gasteiger charge is 2.18. The average molecular weight is 407 g/mol. The number of rotatable bonds is 5. The van der Waals surface area contributed by atoms with Crippen LogP contribution in [-0.2, 0) is 4.79 Å². The van der Waals surface area contributed by atoms with E-state index in [4.69, 9.17) is 19.5 Å². The summed E-state index contributed by atoms with van der Waals surface area (Å²) in [7, 11) is 0. The fourth-order valence-electron chi connectivity index (χ4n) is 2.74. The largest absolute Gasteiger partial charge is 0.486 e. The molecule has 8 heteroatoms. The number of hydrogen-bond acceptors (Lipinski definition) is 7. The normalized spacial score (nSPS) is 13.2. The van der Waals surface area contributed by atoms with E-state index in [1.807, 2.05) is 29.6 Å². The summed E-state index contributed by atoms with van der Waals surface area (Å²) in [4.78, 5) is 16.9. The molecule has 0 unspecified atom stereocenters. The number of carbonyl (C=O) groups is 1. The molecule has 146 valence electrons. The van der Waals surface area contributed by atoms with Gasteiger partial charge in [-0.15, -0.1) is 11.3 Å². The van der Waals surface area contributed by atoms with Gasteiger partial charge in [0.25, 0.3) is 5.91 Å². The zero-order valence-electron chi connectivity index (χ0n) is 15.5. The van der Waals surface area contributed by atoms with Crippen LogP contribution in [0.3, 0.4) is 0 Å². The maximum Gasteiger partial charge on any atom is 0.266 e. The Bertz CT molecular complexity index is 1070. The van der Waals surface area contributed by atoms with Crippen molar-refractivity contribution in [1.29, 1.82) is 5.26 Å². The number of anilines is 1. The SMILES string of the molecule is C[C@@H](Oc1ccc(C#N)cc1)C(=O)Nc1nc(-c2ccc3c(c2)OCCO3)cs1. The van der Waals surface area contributed by atoms with E-state index < -0.39 is 6.10 Å². The highest BCUT2D eigenvalue weighted by molar-refractivity contribution is 7.14. The van der Waals surface area contributed by atoms with Gasteiger partial charge in [0.2, 0.25) is 0 Å². The Kier molecular flexibility index (Phi) is 5.31. The molecule has 0 bridgehead atoms. The summed E-state index contributed by atoms with van der Waals surface area (Å²) >= 11 is 1.33. The van der Waals surface area contributed by atoms with E-state index >= 15 is 0 Å². The highest BCUT2D eigenvalue weighted by Crippen LogP contribution is 2.35. The van der Waals surface area contributed by atoms with Crippen molar-refractivity contribution in [3.05, 3.63) is 53.4 Å². The van der Waals surface area contributed by atoms with Crippen molar-refractivity contribution in [3.8, 4) is 34.6 Å². The van der Waals surface area contributed by atoms with Crippen molar-refractivity contribution in [2.45, 2.75) is 13.0 Å². The van der Waals surface area contributed by atoms with Crippen LogP contribution in [0.25, 0.3) is 11.3 Å². The summed E-state index contributed by atoms with van der Waals surface area (Å²) < 4.78 is 16.8. The molecule has 0 spiro atoms. The summed E-state index contributed by atoms with van der Waals surface area (Å²) in [5, 5.41) is 14.0. The summed E-state index contributed by atoms with van der Waals surface area (Å²) in [6.07, 6.45) is -0.718. The van der Waals surface area contributed by atoms with Gasteiger partial charge in [0.1, 0.15) is 19.0 Å². The Morgan fingerprint density at radius 1 is 1.21 bits per heavy atom. The first kappa shape index (κ1) is 18.8.